The number of rotatable bonds is 5. The number of aromatic nitrogens is 2. The van der Waals surface area contributed by atoms with Crippen molar-refractivity contribution < 1.29 is 9.53 Å². The molecule has 5 nitrogen and oxygen atoms in total. The fraction of sp³-hybridized carbons (Fsp3) is 0.167. The van der Waals surface area contributed by atoms with Gasteiger partial charge in [0.25, 0.3) is 5.56 Å². The lowest BCUT2D eigenvalue weighted by Crippen LogP contribution is -2.21. The summed E-state index contributed by atoms with van der Waals surface area (Å²) in [6, 6.07) is 9.54. The van der Waals surface area contributed by atoms with Gasteiger partial charge in [-0.25, -0.2) is 4.98 Å². The van der Waals surface area contributed by atoms with Gasteiger partial charge in [0, 0.05) is 16.6 Å². The lowest BCUT2D eigenvalue weighted by Gasteiger charge is -2.06. The van der Waals surface area contributed by atoms with Crippen LogP contribution >= 0.6 is 34.3 Å². The van der Waals surface area contributed by atoms with Gasteiger partial charge in [-0.05, 0) is 17.5 Å². The molecule has 0 aliphatic carbocycles. The second kappa shape index (κ2) is 7.19. The van der Waals surface area contributed by atoms with Gasteiger partial charge >= 0.3 is 5.97 Å². The van der Waals surface area contributed by atoms with Gasteiger partial charge < -0.3 is 4.74 Å². The first-order valence-electron chi connectivity index (χ1n) is 7.87. The number of hydrogen-bond acceptors (Lipinski definition) is 6. The second-order valence-electron chi connectivity index (χ2n) is 5.63. The Labute approximate surface area is 161 Å². The Morgan fingerprint density at radius 1 is 1.23 bits per heavy atom. The molecule has 4 rings (SSSR count). The Hall–Kier alpha value is -2.22. The Morgan fingerprint density at radius 2 is 2.08 bits per heavy atom. The Bertz CT molecular complexity index is 1160. The number of benzene rings is 1. The van der Waals surface area contributed by atoms with E-state index >= 15 is 0 Å². The van der Waals surface area contributed by atoms with Crippen LogP contribution in [0.5, 0.6) is 0 Å². The van der Waals surface area contributed by atoms with E-state index in [0.717, 1.165) is 15.0 Å². The Morgan fingerprint density at radius 3 is 2.92 bits per heavy atom. The average molecular weight is 405 g/mol. The van der Waals surface area contributed by atoms with Crippen LogP contribution in [0.2, 0.25) is 5.02 Å². The average Bonchev–Trinajstić information content (AvgIpc) is 3.25. The lowest BCUT2D eigenvalue weighted by atomic mass is 10.2. The van der Waals surface area contributed by atoms with Crippen LogP contribution in [-0.4, -0.2) is 15.5 Å². The van der Waals surface area contributed by atoms with Crippen molar-refractivity contribution in [2.24, 2.45) is 0 Å². The van der Waals surface area contributed by atoms with Gasteiger partial charge in [0.2, 0.25) is 0 Å². The molecule has 0 unspecified atom stereocenters. The van der Waals surface area contributed by atoms with Gasteiger partial charge in [-0.2, -0.15) is 0 Å². The molecule has 0 N–H and O–H groups in total. The molecule has 0 saturated heterocycles. The monoisotopic (exact) mass is 404 g/mol. The first-order valence-corrected chi connectivity index (χ1v) is 9.95. The van der Waals surface area contributed by atoms with Crippen LogP contribution in [-0.2, 0) is 22.7 Å². The lowest BCUT2D eigenvalue weighted by molar-refractivity contribution is -0.145. The highest BCUT2D eigenvalue weighted by Crippen LogP contribution is 2.35. The number of esters is 1. The number of halogens is 1. The van der Waals surface area contributed by atoms with Crippen molar-refractivity contribution in [3.8, 4) is 0 Å². The number of fused-ring (bicyclic) bond motifs is 2. The number of ether oxygens (including phenoxy) is 1. The molecule has 0 amide bonds. The molecule has 3 aromatic heterocycles. The Balaban J connectivity index is 1.39. The minimum atomic E-state index is -0.379. The third kappa shape index (κ3) is 3.25. The molecule has 132 valence electrons. The zero-order valence-corrected chi connectivity index (χ0v) is 15.9. The summed E-state index contributed by atoms with van der Waals surface area (Å²) in [6.45, 7) is 0.365. The van der Waals surface area contributed by atoms with Crippen molar-refractivity contribution in [2.75, 3.05) is 0 Å². The molecule has 4 aromatic rings. The largest absolute Gasteiger partial charge is 0.460 e. The normalized spacial score (nSPS) is 11.3. The first-order chi connectivity index (χ1) is 12.6. The highest BCUT2D eigenvalue weighted by molar-refractivity contribution is 7.19. The van der Waals surface area contributed by atoms with Gasteiger partial charge in [-0.1, -0.05) is 29.8 Å². The molecule has 3 heterocycles. The molecule has 26 heavy (non-hydrogen) atoms. The highest BCUT2D eigenvalue weighted by Gasteiger charge is 2.13. The topological polar surface area (TPSA) is 61.2 Å². The summed E-state index contributed by atoms with van der Waals surface area (Å²) in [5.41, 5.74) is -0.142. The molecule has 0 radical (unpaired) electrons. The SMILES string of the molecule is O=C(CCn1cnc2sccc2c1=O)OCc1sc2ccccc2c1Cl. The molecule has 0 saturated carbocycles. The standard InChI is InChI=1S/C18H13ClN2O3S2/c19-16-11-3-1-2-4-13(11)26-14(16)9-24-15(22)5-7-21-10-20-17-12(18(21)23)6-8-25-17/h1-4,6,8,10H,5,7,9H2. The van der Waals surface area contributed by atoms with Gasteiger partial charge in [0.1, 0.15) is 11.4 Å². The van der Waals surface area contributed by atoms with Crippen molar-refractivity contribution in [3.63, 3.8) is 0 Å². The van der Waals surface area contributed by atoms with Crippen molar-refractivity contribution >= 4 is 60.5 Å². The predicted molar refractivity (Wildman–Crippen MR) is 105 cm³/mol. The van der Waals surface area contributed by atoms with Crippen molar-refractivity contribution in [1.82, 2.24) is 9.55 Å². The minimum Gasteiger partial charge on any atom is -0.460 e. The summed E-state index contributed by atoms with van der Waals surface area (Å²) < 4.78 is 7.82. The molecule has 0 aliphatic rings. The van der Waals surface area contributed by atoms with Gasteiger partial charge in [-0.15, -0.1) is 22.7 Å². The van der Waals surface area contributed by atoms with E-state index in [-0.39, 0.29) is 31.1 Å². The zero-order chi connectivity index (χ0) is 18.1. The smallest absolute Gasteiger partial charge is 0.307 e. The van der Waals surface area contributed by atoms with E-state index < -0.39 is 0 Å². The van der Waals surface area contributed by atoms with Crippen LogP contribution in [0.25, 0.3) is 20.3 Å². The summed E-state index contributed by atoms with van der Waals surface area (Å²) in [6.07, 6.45) is 1.57. The summed E-state index contributed by atoms with van der Waals surface area (Å²) in [7, 11) is 0. The number of carbonyl (C=O) groups is 1. The van der Waals surface area contributed by atoms with E-state index in [1.807, 2.05) is 29.6 Å². The summed E-state index contributed by atoms with van der Waals surface area (Å²) >= 11 is 9.27. The number of hydrogen-bond donors (Lipinski definition) is 0. The fourth-order valence-electron chi connectivity index (χ4n) is 2.64. The zero-order valence-electron chi connectivity index (χ0n) is 13.5. The molecule has 0 atom stereocenters. The van der Waals surface area contributed by atoms with Crippen LogP contribution in [0, 0.1) is 0 Å². The summed E-state index contributed by atoms with van der Waals surface area (Å²) in [4.78, 5) is 30.1. The van der Waals surface area contributed by atoms with Crippen molar-refractivity contribution in [2.45, 2.75) is 19.6 Å². The van der Waals surface area contributed by atoms with Gasteiger partial charge in [-0.3, -0.25) is 14.2 Å². The number of thiophene rings is 2. The van der Waals surface area contributed by atoms with E-state index in [2.05, 4.69) is 4.98 Å². The molecule has 0 spiro atoms. The van der Waals surface area contributed by atoms with E-state index in [9.17, 15) is 9.59 Å². The third-order valence-corrected chi connectivity index (χ3v) is 6.48. The number of carbonyl (C=O) groups excluding carboxylic acids is 1. The van der Waals surface area contributed by atoms with Crippen LogP contribution in [0.4, 0.5) is 0 Å². The number of nitrogens with zero attached hydrogens (tertiary/aromatic N) is 2. The number of aryl methyl sites for hydroxylation is 1. The maximum atomic E-state index is 12.3. The quantitative estimate of drug-likeness (QED) is 0.461. The minimum absolute atomic E-state index is 0.0970. The molecule has 0 bridgehead atoms. The second-order valence-corrected chi connectivity index (χ2v) is 8.04. The third-order valence-electron chi connectivity index (χ3n) is 3.97. The maximum absolute atomic E-state index is 12.3. The fourth-order valence-corrected chi connectivity index (χ4v) is 4.76. The van der Waals surface area contributed by atoms with Crippen molar-refractivity contribution in [1.29, 1.82) is 0 Å². The highest BCUT2D eigenvalue weighted by atomic mass is 35.5. The molecular weight excluding hydrogens is 392 g/mol. The summed E-state index contributed by atoms with van der Waals surface area (Å²) in [5.74, 6) is -0.379. The molecular formula is C18H13ClN2O3S2. The van der Waals surface area contributed by atoms with E-state index in [0.29, 0.717) is 15.2 Å². The van der Waals surface area contributed by atoms with E-state index in [1.54, 1.807) is 6.07 Å². The van der Waals surface area contributed by atoms with Crippen LogP contribution < -0.4 is 5.56 Å². The molecule has 0 fully saturated rings. The maximum Gasteiger partial charge on any atom is 0.307 e. The molecule has 1 aromatic carbocycles. The van der Waals surface area contributed by atoms with Crippen LogP contribution in [0.1, 0.15) is 11.3 Å². The summed E-state index contributed by atoms with van der Waals surface area (Å²) in [5, 5.41) is 3.99. The first kappa shape index (κ1) is 17.2. The van der Waals surface area contributed by atoms with Gasteiger partial charge in [0.15, 0.2) is 0 Å². The Kier molecular flexibility index (Phi) is 4.76. The van der Waals surface area contributed by atoms with Crippen molar-refractivity contribution in [3.05, 3.63) is 62.3 Å². The van der Waals surface area contributed by atoms with E-state index in [1.165, 1.54) is 33.6 Å². The van der Waals surface area contributed by atoms with E-state index in [4.69, 9.17) is 16.3 Å². The van der Waals surface area contributed by atoms with Gasteiger partial charge in [0.05, 0.1) is 28.0 Å². The molecule has 8 heteroatoms. The van der Waals surface area contributed by atoms with Crippen LogP contribution in [0.3, 0.4) is 0 Å². The molecule has 0 aliphatic heterocycles. The predicted octanol–water partition coefficient (Wildman–Crippen LogP) is 4.46. The van der Waals surface area contributed by atoms with Crippen LogP contribution in [0.15, 0.2) is 46.8 Å².